The van der Waals surface area contributed by atoms with E-state index in [1.54, 1.807) is 12.1 Å². The van der Waals surface area contributed by atoms with E-state index in [2.05, 4.69) is 0 Å². The number of aliphatic hydroxyl groups is 2. The predicted molar refractivity (Wildman–Crippen MR) is 60.8 cm³/mol. The molecule has 1 aliphatic rings. The second-order valence-corrected chi connectivity index (χ2v) is 4.31. The highest BCUT2D eigenvalue weighted by molar-refractivity contribution is 6.18. The zero-order chi connectivity index (χ0) is 11.7. The van der Waals surface area contributed by atoms with Crippen LogP contribution < -0.4 is 0 Å². The Morgan fingerprint density at radius 3 is 2.75 bits per heavy atom. The molecule has 0 amide bonds. The van der Waals surface area contributed by atoms with Crippen molar-refractivity contribution in [1.29, 1.82) is 0 Å². The molecule has 0 fully saturated rings. The van der Waals surface area contributed by atoms with Crippen LogP contribution in [0.1, 0.15) is 34.0 Å². The third-order valence-electron chi connectivity index (χ3n) is 2.92. The summed E-state index contributed by atoms with van der Waals surface area (Å²) in [5.41, 5.74) is 2.22. The van der Waals surface area contributed by atoms with E-state index in [-0.39, 0.29) is 11.7 Å². The van der Waals surface area contributed by atoms with Crippen molar-refractivity contribution in [3.63, 3.8) is 0 Å². The molecule has 2 atom stereocenters. The molecule has 0 aliphatic heterocycles. The Labute approximate surface area is 98.7 Å². The fourth-order valence-corrected chi connectivity index (χ4v) is 2.11. The Bertz CT molecular complexity index is 417. The van der Waals surface area contributed by atoms with Gasteiger partial charge in [0.1, 0.15) is 6.10 Å². The molecule has 16 heavy (non-hydrogen) atoms. The number of hydrogen-bond acceptors (Lipinski definition) is 3. The Hall–Kier alpha value is -0.900. The number of halogens is 1. The minimum atomic E-state index is -1.03. The van der Waals surface area contributed by atoms with Crippen molar-refractivity contribution in [2.75, 3.05) is 5.88 Å². The summed E-state index contributed by atoms with van der Waals surface area (Å²) in [5, 5.41) is 19.2. The van der Waals surface area contributed by atoms with Gasteiger partial charge in [0.2, 0.25) is 0 Å². The highest BCUT2D eigenvalue weighted by Crippen LogP contribution is 2.26. The lowest BCUT2D eigenvalue weighted by Gasteiger charge is -2.16. The standard InChI is InChI=1S/C12H13ClO3/c13-6-11(15)12(16)8-2-1-7-3-4-10(14)9(7)5-8/h1-2,5,11-12,15-16H,3-4,6H2. The molecule has 1 aromatic carbocycles. The normalized spacial score (nSPS) is 18.3. The van der Waals surface area contributed by atoms with Crippen molar-refractivity contribution in [3.8, 4) is 0 Å². The summed E-state index contributed by atoms with van der Waals surface area (Å²) < 4.78 is 0. The van der Waals surface area contributed by atoms with Gasteiger partial charge in [0.15, 0.2) is 5.78 Å². The molecule has 0 heterocycles. The molecule has 0 saturated carbocycles. The van der Waals surface area contributed by atoms with Crippen molar-refractivity contribution in [1.82, 2.24) is 0 Å². The summed E-state index contributed by atoms with van der Waals surface area (Å²) in [5.74, 6) is 0.0658. The van der Waals surface area contributed by atoms with Gasteiger partial charge in [-0.2, -0.15) is 0 Å². The number of carbonyl (C=O) groups excluding carboxylic acids is 1. The molecule has 1 aromatic rings. The number of aryl methyl sites for hydroxylation is 1. The number of aliphatic hydroxyl groups excluding tert-OH is 2. The molecule has 1 aliphatic carbocycles. The third kappa shape index (κ3) is 1.98. The third-order valence-corrected chi connectivity index (χ3v) is 3.24. The zero-order valence-electron chi connectivity index (χ0n) is 8.69. The molecule has 3 nitrogen and oxygen atoms in total. The Morgan fingerprint density at radius 2 is 2.06 bits per heavy atom. The van der Waals surface area contributed by atoms with Gasteiger partial charge in [0, 0.05) is 12.0 Å². The fourth-order valence-electron chi connectivity index (χ4n) is 1.95. The van der Waals surface area contributed by atoms with Gasteiger partial charge in [-0.05, 0) is 23.6 Å². The van der Waals surface area contributed by atoms with E-state index in [0.29, 0.717) is 17.5 Å². The van der Waals surface area contributed by atoms with Gasteiger partial charge in [-0.1, -0.05) is 12.1 Å². The van der Waals surface area contributed by atoms with Gasteiger partial charge in [-0.3, -0.25) is 4.79 Å². The lowest BCUT2D eigenvalue weighted by Crippen LogP contribution is -2.19. The van der Waals surface area contributed by atoms with Crippen molar-refractivity contribution < 1.29 is 15.0 Å². The van der Waals surface area contributed by atoms with Gasteiger partial charge in [-0.25, -0.2) is 0 Å². The monoisotopic (exact) mass is 240 g/mol. The highest BCUT2D eigenvalue weighted by Gasteiger charge is 2.23. The number of Topliss-reactive ketones (excluding diaryl/α,β-unsaturated/α-hetero) is 1. The van der Waals surface area contributed by atoms with E-state index in [1.165, 1.54) is 0 Å². The number of alkyl halides is 1. The average Bonchev–Trinajstić information content (AvgIpc) is 2.68. The molecule has 0 aromatic heterocycles. The van der Waals surface area contributed by atoms with Gasteiger partial charge in [0.05, 0.1) is 12.0 Å². The topological polar surface area (TPSA) is 57.5 Å². The Morgan fingerprint density at radius 1 is 1.31 bits per heavy atom. The highest BCUT2D eigenvalue weighted by atomic mass is 35.5. The van der Waals surface area contributed by atoms with Crippen molar-refractivity contribution in [3.05, 3.63) is 34.9 Å². The van der Waals surface area contributed by atoms with Crippen LogP contribution in [0.25, 0.3) is 0 Å². The SMILES string of the molecule is O=C1CCc2ccc(C(O)C(O)CCl)cc21. The van der Waals surface area contributed by atoms with E-state index < -0.39 is 12.2 Å². The summed E-state index contributed by atoms with van der Waals surface area (Å²) >= 11 is 5.47. The summed E-state index contributed by atoms with van der Waals surface area (Å²) in [6, 6.07) is 5.22. The number of benzene rings is 1. The molecule has 2 unspecified atom stereocenters. The molecule has 86 valence electrons. The van der Waals surface area contributed by atoms with Crippen LogP contribution in [0.2, 0.25) is 0 Å². The maximum atomic E-state index is 11.5. The first-order valence-corrected chi connectivity index (χ1v) is 5.75. The lowest BCUT2D eigenvalue weighted by molar-refractivity contribution is 0.0327. The Kier molecular flexibility index (Phi) is 3.28. The first kappa shape index (κ1) is 11.6. The molecule has 0 saturated heterocycles. The second kappa shape index (κ2) is 4.53. The van der Waals surface area contributed by atoms with Gasteiger partial charge in [-0.15, -0.1) is 11.6 Å². The molecule has 0 radical (unpaired) electrons. The number of rotatable bonds is 3. The van der Waals surface area contributed by atoms with Crippen molar-refractivity contribution >= 4 is 17.4 Å². The van der Waals surface area contributed by atoms with Crippen LogP contribution in [0.15, 0.2) is 18.2 Å². The van der Waals surface area contributed by atoms with Gasteiger partial charge < -0.3 is 10.2 Å². The maximum Gasteiger partial charge on any atom is 0.163 e. The maximum absolute atomic E-state index is 11.5. The average molecular weight is 241 g/mol. The molecular formula is C12H13ClO3. The van der Waals surface area contributed by atoms with Crippen LogP contribution in [0.3, 0.4) is 0 Å². The minimum absolute atomic E-state index is 0.0355. The molecule has 4 heteroatoms. The van der Waals surface area contributed by atoms with E-state index in [1.807, 2.05) is 6.07 Å². The molecule has 0 spiro atoms. The van der Waals surface area contributed by atoms with Gasteiger partial charge in [0.25, 0.3) is 0 Å². The summed E-state index contributed by atoms with van der Waals surface area (Å²) in [6.07, 6.45) is -0.734. The van der Waals surface area contributed by atoms with Crippen LogP contribution in [0, 0.1) is 0 Å². The van der Waals surface area contributed by atoms with Crippen LogP contribution in [0.4, 0.5) is 0 Å². The van der Waals surface area contributed by atoms with E-state index in [9.17, 15) is 15.0 Å². The smallest absolute Gasteiger partial charge is 0.163 e. The summed E-state index contributed by atoms with van der Waals surface area (Å²) in [4.78, 5) is 11.5. The first-order valence-electron chi connectivity index (χ1n) is 5.21. The summed E-state index contributed by atoms with van der Waals surface area (Å²) in [7, 11) is 0. The zero-order valence-corrected chi connectivity index (χ0v) is 9.44. The lowest BCUT2D eigenvalue weighted by atomic mass is 10.00. The van der Waals surface area contributed by atoms with Crippen molar-refractivity contribution in [2.24, 2.45) is 0 Å². The van der Waals surface area contributed by atoms with Crippen LogP contribution >= 0.6 is 11.6 Å². The quantitative estimate of drug-likeness (QED) is 0.787. The minimum Gasteiger partial charge on any atom is -0.389 e. The fraction of sp³-hybridized carbons (Fsp3) is 0.417. The first-order chi connectivity index (χ1) is 7.63. The number of carbonyl (C=O) groups is 1. The largest absolute Gasteiger partial charge is 0.389 e. The molecule has 2 N–H and O–H groups in total. The van der Waals surface area contributed by atoms with E-state index >= 15 is 0 Å². The molecule has 0 bridgehead atoms. The molecule has 2 rings (SSSR count). The van der Waals surface area contributed by atoms with E-state index in [0.717, 1.165) is 12.0 Å². The number of ketones is 1. The molecular weight excluding hydrogens is 228 g/mol. The predicted octanol–water partition coefficient (Wildman–Crippen LogP) is 1.45. The number of hydrogen-bond donors (Lipinski definition) is 2. The Balaban J connectivity index is 2.31. The van der Waals surface area contributed by atoms with Crippen LogP contribution in [-0.4, -0.2) is 28.0 Å². The van der Waals surface area contributed by atoms with Crippen molar-refractivity contribution in [2.45, 2.75) is 25.0 Å². The van der Waals surface area contributed by atoms with Crippen LogP contribution in [0.5, 0.6) is 0 Å². The van der Waals surface area contributed by atoms with Gasteiger partial charge >= 0.3 is 0 Å². The van der Waals surface area contributed by atoms with E-state index in [4.69, 9.17) is 11.6 Å². The number of fused-ring (bicyclic) bond motifs is 1. The summed E-state index contributed by atoms with van der Waals surface area (Å²) in [6.45, 7) is 0. The van der Waals surface area contributed by atoms with Crippen LogP contribution in [-0.2, 0) is 6.42 Å². The second-order valence-electron chi connectivity index (χ2n) is 4.01.